The Morgan fingerprint density at radius 1 is 1.14 bits per heavy atom. The molecule has 0 saturated carbocycles. The van der Waals surface area contributed by atoms with Gasteiger partial charge in [-0.1, -0.05) is 0 Å². The first-order valence-electron chi connectivity index (χ1n) is 6.85. The number of aromatic nitrogens is 4. The Morgan fingerprint density at radius 3 is 2.55 bits per heavy atom. The van der Waals surface area contributed by atoms with Crippen LogP contribution in [0.2, 0.25) is 0 Å². The van der Waals surface area contributed by atoms with E-state index in [-0.39, 0.29) is 5.69 Å². The molecule has 0 atom stereocenters. The summed E-state index contributed by atoms with van der Waals surface area (Å²) in [7, 11) is 0. The summed E-state index contributed by atoms with van der Waals surface area (Å²) in [6.07, 6.45) is 0. The number of aryl methyl sites for hydroxylation is 3. The summed E-state index contributed by atoms with van der Waals surface area (Å²) in [5.74, 6) is 1.38. The smallest absolute Gasteiger partial charge is 0.295 e. The summed E-state index contributed by atoms with van der Waals surface area (Å²) in [6, 6.07) is 3.53. The fourth-order valence-corrected chi connectivity index (χ4v) is 1.87. The number of rotatable bonds is 5. The maximum atomic E-state index is 11.8. The SMILES string of the molecule is CCONC(=O)c1nnc(Nc2cc(C)nc(C)n2)cc1C. The number of hydroxylamine groups is 1. The lowest BCUT2D eigenvalue weighted by Gasteiger charge is -2.09. The highest BCUT2D eigenvalue weighted by Gasteiger charge is 2.13. The Balaban J connectivity index is 2.17. The standard InChI is InChI=1S/C14H18N6O2/c1-5-22-20-14(21)13-8(2)6-12(18-19-13)17-11-7-9(3)15-10(4)16-11/h6-7H,5H2,1-4H3,(H,20,21)(H,15,16,17,18). The van der Waals surface area contributed by atoms with Gasteiger partial charge in [0.1, 0.15) is 11.6 Å². The zero-order valence-electron chi connectivity index (χ0n) is 13.0. The van der Waals surface area contributed by atoms with Crippen LogP contribution in [0.5, 0.6) is 0 Å². The molecule has 0 fully saturated rings. The van der Waals surface area contributed by atoms with Gasteiger partial charge in [0.25, 0.3) is 5.91 Å². The van der Waals surface area contributed by atoms with Crippen molar-refractivity contribution in [3.05, 3.63) is 34.9 Å². The molecule has 2 heterocycles. The molecule has 0 aliphatic rings. The Bertz CT molecular complexity index is 669. The van der Waals surface area contributed by atoms with Crippen LogP contribution >= 0.6 is 0 Å². The minimum atomic E-state index is -0.424. The number of hydrogen-bond donors (Lipinski definition) is 2. The molecule has 116 valence electrons. The van der Waals surface area contributed by atoms with E-state index in [2.05, 4.69) is 31.0 Å². The molecular weight excluding hydrogens is 284 g/mol. The predicted octanol–water partition coefficient (Wildman–Crippen LogP) is 1.62. The Hall–Kier alpha value is -2.61. The second kappa shape index (κ2) is 6.90. The van der Waals surface area contributed by atoms with Crippen molar-refractivity contribution in [2.75, 3.05) is 11.9 Å². The van der Waals surface area contributed by atoms with Gasteiger partial charge in [-0.25, -0.2) is 15.4 Å². The monoisotopic (exact) mass is 302 g/mol. The van der Waals surface area contributed by atoms with Crippen molar-refractivity contribution in [2.45, 2.75) is 27.7 Å². The van der Waals surface area contributed by atoms with Gasteiger partial charge in [-0.05, 0) is 39.3 Å². The first-order valence-corrected chi connectivity index (χ1v) is 6.85. The zero-order chi connectivity index (χ0) is 16.1. The molecule has 0 saturated heterocycles. The quantitative estimate of drug-likeness (QED) is 0.809. The Morgan fingerprint density at radius 2 is 1.91 bits per heavy atom. The van der Waals surface area contributed by atoms with Crippen LogP contribution in [0.1, 0.15) is 34.5 Å². The molecule has 0 aromatic carbocycles. The Kier molecular flexibility index (Phi) is 4.95. The highest BCUT2D eigenvalue weighted by atomic mass is 16.6. The summed E-state index contributed by atoms with van der Waals surface area (Å²) in [6.45, 7) is 7.63. The average Bonchev–Trinajstić information content (AvgIpc) is 2.43. The number of nitrogens with one attached hydrogen (secondary N) is 2. The molecule has 8 heteroatoms. The molecule has 0 spiro atoms. The molecule has 2 aromatic rings. The highest BCUT2D eigenvalue weighted by molar-refractivity contribution is 5.92. The first kappa shape index (κ1) is 15.8. The molecule has 0 bridgehead atoms. The van der Waals surface area contributed by atoms with Crippen molar-refractivity contribution in [3.8, 4) is 0 Å². The van der Waals surface area contributed by atoms with Gasteiger partial charge in [-0.15, -0.1) is 10.2 Å². The van der Waals surface area contributed by atoms with Crippen LogP contribution in [0.4, 0.5) is 11.6 Å². The topological polar surface area (TPSA) is 102 Å². The molecule has 0 aliphatic carbocycles. The number of carbonyl (C=O) groups excluding carboxylic acids is 1. The summed E-state index contributed by atoms with van der Waals surface area (Å²) in [4.78, 5) is 25.1. The second-order valence-electron chi connectivity index (χ2n) is 4.69. The van der Waals surface area contributed by atoms with Gasteiger partial charge in [0.05, 0.1) is 6.61 Å². The zero-order valence-corrected chi connectivity index (χ0v) is 13.0. The summed E-state index contributed by atoms with van der Waals surface area (Å²) >= 11 is 0. The first-order chi connectivity index (χ1) is 10.5. The molecule has 2 rings (SSSR count). The maximum Gasteiger partial charge on any atom is 0.295 e. The number of hydrogen-bond acceptors (Lipinski definition) is 7. The van der Waals surface area contributed by atoms with Gasteiger partial charge in [0, 0.05) is 11.8 Å². The van der Waals surface area contributed by atoms with E-state index in [0.29, 0.717) is 29.6 Å². The number of anilines is 2. The summed E-state index contributed by atoms with van der Waals surface area (Å²) in [5.41, 5.74) is 4.04. The van der Waals surface area contributed by atoms with E-state index < -0.39 is 5.91 Å². The van der Waals surface area contributed by atoms with Crippen LogP contribution in [-0.4, -0.2) is 32.7 Å². The van der Waals surface area contributed by atoms with Gasteiger partial charge in [-0.3, -0.25) is 9.63 Å². The largest absolute Gasteiger partial charge is 0.323 e. The third-order valence-electron chi connectivity index (χ3n) is 2.73. The number of amides is 1. The van der Waals surface area contributed by atoms with Crippen LogP contribution in [-0.2, 0) is 4.84 Å². The molecule has 22 heavy (non-hydrogen) atoms. The van der Waals surface area contributed by atoms with Crippen molar-refractivity contribution in [1.29, 1.82) is 0 Å². The van der Waals surface area contributed by atoms with Crippen LogP contribution < -0.4 is 10.8 Å². The van der Waals surface area contributed by atoms with E-state index in [1.165, 1.54) is 0 Å². The van der Waals surface area contributed by atoms with Gasteiger partial charge in [-0.2, -0.15) is 0 Å². The van der Waals surface area contributed by atoms with Crippen molar-refractivity contribution < 1.29 is 9.63 Å². The van der Waals surface area contributed by atoms with Crippen LogP contribution in [0.25, 0.3) is 0 Å². The van der Waals surface area contributed by atoms with Gasteiger partial charge in [0.15, 0.2) is 11.5 Å². The normalized spacial score (nSPS) is 10.4. The minimum absolute atomic E-state index is 0.217. The third-order valence-corrected chi connectivity index (χ3v) is 2.73. The van der Waals surface area contributed by atoms with Gasteiger partial charge >= 0.3 is 0 Å². The summed E-state index contributed by atoms with van der Waals surface area (Å²) < 4.78 is 0. The van der Waals surface area contributed by atoms with Crippen LogP contribution in [0, 0.1) is 20.8 Å². The molecule has 8 nitrogen and oxygen atoms in total. The molecule has 0 aliphatic heterocycles. The lowest BCUT2D eigenvalue weighted by Crippen LogP contribution is -2.25. The minimum Gasteiger partial charge on any atom is -0.323 e. The van der Waals surface area contributed by atoms with Gasteiger partial charge in [0.2, 0.25) is 0 Å². The lowest BCUT2D eigenvalue weighted by atomic mass is 10.2. The van der Waals surface area contributed by atoms with Crippen molar-refractivity contribution >= 4 is 17.5 Å². The Labute approximate surface area is 128 Å². The van der Waals surface area contributed by atoms with Gasteiger partial charge < -0.3 is 5.32 Å². The van der Waals surface area contributed by atoms with E-state index in [4.69, 9.17) is 4.84 Å². The highest BCUT2D eigenvalue weighted by Crippen LogP contribution is 2.15. The van der Waals surface area contributed by atoms with Crippen LogP contribution in [0.15, 0.2) is 12.1 Å². The fourth-order valence-electron chi connectivity index (χ4n) is 1.87. The molecular formula is C14H18N6O2. The van der Waals surface area contributed by atoms with E-state index in [0.717, 1.165) is 5.69 Å². The summed E-state index contributed by atoms with van der Waals surface area (Å²) in [5, 5.41) is 11.0. The average molecular weight is 302 g/mol. The van der Waals surface area contributed by atoms with Crippen molar-refractivity contribution in [1.82, 2.24) is 25.6 Å². The lowest BCUT2D eigenvalue weighted by molar-refractivity contribution is 0.0358. The predicted molar refractivity (Wildman–Crippen MR) is 80.6 cm³/mol. The molecule has 2 N–H and O–H groups in total. The molecule has 0 unspecified atom stereocenters. The van der Waals surface area contributed by atoms with E-state index >= 15 is 0 Å². The third kappa shape index (κ3) is 3.95. The molecule has 2 aromatic heterocycles. The maximum absolute atomic E-state index is 11.8. The van der Waals surface area contributed by atoms with E-state index in [1.54, 1.807) is 26.0 Å². The fraction of sp³-hybridized carbons (Fsp3) is 0.357. The van der Waals surface area contributed by atoms with Crippen molar-refractivity contribution in [3.63, 3.8) is 0 Å². The number of nitrogens with zero attached hydrogens (tertiary/aromatic N) is 4. The second-order valence-corrected chi connectivity index (χ2v) is 4.69. The van der Waals surface area contributed by atoms with Crippen molar-refractivity contribution in [2.24, 2.45) is 0 Å². The van der Waals surface area contributed by atoms with Crippen LogP contribution in [0.3, 0.4) is 0 Å². The molecule has 0 radical (unpaired) electrons. The van der Waals surface area contributed by atoms with E-state index in [1.807, 2.05) is 13.8 Å². The molecule has 1 amide bonds. The number of carbonyl (C=O) groups is 1. The van der Waals surface area contributed by atoms with E-state index in [9.17, 15) is 4.79 Å².